The second-order valence-electron chi connectivity index (χ2n) is 28.4. The number of nitrogens with zero attached hydrogens (tertiary/aromatic N) is 8. The van der Waals surface area contributed by atoms with E-state index in [4.69, 9.17) is 30.6 Å². The van der Waals surface area contributed by atoms with Gasteiger partial charge in [0, 0.05) is 77.1 Å². The van der Waals surface area contributed by atoms with Crippen molar-refractivity contribution in [1.29, 1.82) is 0 Å². The van der Waals surface area contributed by atoms with E-state index in [-0.39, 0.29) is 109 Å². The second-order valence-corrected chi connectivity index (χ2v) is 28.4. The number of aliphatic hydroxyl groups is 2. The molecule has 0 saturated carbocycles. The number of para-hydroxylation sites is 4. The molecule has 0 atom stereocenters. The van der Waals surface area contributed by atoms with E-state index in [2.05, 4.69) is 239 Å². The van der Waals surface area contributed by atoms with E-state index in [0.717, 1.165) is 59.8 Å². The normalized spacial score (nSPS) is 17.9. The van der Waals surface area contributed by atoms with Crippen LogP contribution in [0.1, 0.15) is 206 Å². The molecule has 8 aromatic rings. The Labute approximate surface area is 551 Å². The fourth-order valence-corrected chi connectivity index (χ4v) is 13.0. The molecule has 0 spiro atoms. The maximum Gasteiger partial charge on any atom is 2.00 e. The van der Waals surface area contributed by atoms with Gasteiger partial charge in [0.25, 0.3) is 0 Å². The van der Waals surface area contributed by atoms with Gasteiger partial charge >= 0.3 is 21.1 Å². The third-order valence-corrected chi connectivity index (χ3v) is 21.0. The summed E-state index contributed by atoms with van der Waals surface area (Å²) in [7, 11) is 0. The average Bonchev–Trinajstić information content (AvgIpc) is 1.39. The van der Waals surface area contributed by atoms with Crippen molar-refractivity contribution in [2.45, 2.75) is 207 Å². The molecule has 88 heavy (non-hydrogen) atoms. The van der Waals surface area contributed by atoms with Gasteiger partial charge in [-0.05, 0) is 123 Å². The summed E-state index contributed by atoms with van der Waals surface area (Å²) >= 11 is 0. The molecule has 0 unspecified atom stereocenters. The molecule has 12 rings (SSSR count). The van der Waals surface area contributed by atoms with Crippen LogP contribution in [0.2, 0.25) is 0 Å². The number of carbonyl (C=O) groups is 2. The number of ketones is 2. The van der Waals surface area contributed by atoms with E-state index in [0.29, 0.717) is 0 Å². The Morgan fingerprint density at radius 2 is 0.648 bits per heavy atom. The third-order valence-electron chi connectivity index (χ3n) is 21.0. The number of fused-ring (bicyclic) bond motifs is 12. The van der Waals surface area contributed by atoms with Gasteiger partial charge in [-0.15, -0.1) is 11.1 Å². The molecule has 2 N–H and O–H groups in total. The van der Waals surface area contributed by atoms with Crippen LogP contribution in [-0.2, 0) is 121 Å². The Balaban J connectivity index is 0.000000203. The van der Waals surface area contributed by atoms with Crippen LogP contribution in [-0.4, -0.2) is 60.9 Å². The first-order chi connectivity index (χ1) is 40.0. The van der Waals surface area contributed by atoms with Gasteiger partial charge in [0.2, 0.25) is 0 Å². The van der Waals surface area contributed by atoms with Crippen LogP contribution in [0.4, 0.5) is 0 Å². The van der Waals surface area contributed by atoms with Crippen LogP contribution in [0.25, 0.3) is 22.7 Å². The van der Waals surface area contributed by atoms with Crippen LogP contribution < -0.4 is 0 Å². The van der Waals surface area contributed by atoms with Crippen molar-refractivity contribution in [2.75, 3.05) is 0 Å². The number of rotatable bonds is 8. The van der Waals surface area contributed by atoms with Crippen molar-refractivity contribution in [3.63, 3.8) is 0 Å². The monoisotopic (exact) mass is 1540 g/mol. The molecule has 4 aromatic carbocycles. The SMILES string of the molecule is CC(=O)C=C(C)O.CC(=O)C=C(C)O.CC1(C)c2ccc[c-]c2-n2nc(CCc3cc4n(n3)-c3[c-]cccc3C(C)(C)C4(C)C)cc2C1(C)C.CC1(C)c2ccccc2-n2nc(CCc3cc4n(n3)-c3ccccc3C(C)(C)C4(C)C)cc2C1(C)C.[Pt+2].[Pt]. The number of carbonyl (C=O) groups excluding carboxylic acids is 2. The van der Waals surface area contributed by atoms with Crippen LogP contribution >= 0.6 is 0 Å². The van der Waals surface area contributed by atoms with Gasteiger partial charge in [-0.3, -0.25) is 19.0 Å². The van der Waals surface area contributed by atoms with Crippen LogP contribution in [0, 0.1) is 12.1 Å². The standard InChI is InChI=1S/C32H38N4.C32H36N4.2C5H8O2.2Pt/c2*1-29(2)23-13-9-11-15-25(23)35-27(31(29,5)6)19-21(33-35)17-18-22-20-28-32(7,8)30(3,4)24-14-10-12-16-26(24)36(28)34-22;2*1-4(6)3-5(2)7;;/h9-16,19-20H,17-18H2,1-8H3;9-14,19-20H,17-18H2,1-8H3;2*3,6H,1-2H3;;/q;-2;;;;+2. The van der Waals surface area contributed by atoms with Crippen molar-refractivity contribution >= 4 is 11.6 Å². The Morgan fingerprint density at radius 3 is 0.920 bits per heavy atom. The van der Waals surface area contributed by atoms with E-state index in [1.807, 2.05) is 12.1 Å². The molecule has 0 fully saturated rings. The minimum absolute atomic E-state index is 0. The quantitative estimate of drug-likeness (QED) is 0.0869. The summed E-state index contributed by atoms with van der Waals surface area (Å²) in [5, 5.41) is 37.1. The van der Waals surface area contributed by atoms with Crippen LogP contribution in [0.15, 0.2) is 133 Å². The summed E-state index contributed by atoms with van der Waals surface area (Å²) in [5.41, 5.74) is 19.4. The van der Waals surface area contributed by atoms with Crippen molar-refractivity contribution in [1.82, 2.24) is 39.1 Å². The van der Waals surface area contributed by atoms with Crippen LogP contribution in [0.3, 0.4) is 0 Å². The van der Waals surface area contributed by atoms with Crippen molar-refractivity contribution in [3.8, 4) is 22.7 Å². The Bertz CT molecular complexity index is 3490. The second kappa shape index (κ2) is 24.7. The molecule has 0 bridgehead atoms. The fourth-order valence-electron chi connectivity index (χ4n) is 13.0. The maximum absolute atomic E-state index is 10.0. The first kappa shape index (κ1) is 69.0. The molecule has 0 radical (unpaired) electrons. The molecule has 0 saturated heterocycles. The van der Waals surface area contributed by atoms with Gasteiger partial charge < -0.3 is 10.2 Å². The molecule has 470 valence electrons. The number of aliphatic hydroxyl groups excluding tert-OH is 2. The summed E-state index contributed by atoms with van der Waals surface area (Å²) in [6.45, 7) is 43.2. The smallest absolute Gasteiger partial charge is 0.512 e. The van der Waals surface area contributed by atoms with Gasteiger partial charge in [0.1, 0.15) is 0 Å². The van der Waals surface area contributed by atoms with Gasteiger partial charge in [-0.2, -0.15) is 68.9 Å². The number of hydrogen-bond donors (Lipinski definition) is 2. The largest absolute Gasteiger partial charge is 2.00 e. The first-order valence-electron chi connectivity index (χ1n) is 30.4. The minimum Gasteiger partial charge on any atom is -0.512 e. The predicted octanol–water partition coefficient (Wildman–Crippen LogP) is 15.6. The molecule has 0 aliphatic carbocycles. The van der Waals surface area contributed by atoms with E-state index >= 15 is 0 Å². The van der Waals surface area contributed by atoms with Gasteiger partial charge in [0.05, 0.1) is 57.1 Å². The molecule has 4 aromatic heterocycles. The average molecular weight is 1550 g/mol. The van der Waals surface area contributed by atoms with Crippen molar-refractivity contribution < 1.29 is 61.9 Å². The molecule has 12 nitrogen and oxygen atoms in total. The van der Waals surface area contributed by atoms with Gasteiger partial charge in [-0.25, -0.2) is 9.36 Å². The van der Waals surface area contributed by atoms with Crippen molar-refractivity contribution in [2.24, 2.45) is 0 Å². The molecular weight excluding hydrogens is 1460 g/mol. The van der Waals surface area contributed by atoms with Crippen molar-refractivity contribution in [3.05, 3.63) is 213 Å². The van der Waals surface area contributed by atoms with E-state index in [1.165, 1.54) is 96.3 Å². The fraction of sp³-hybridized carbons (Fsp3) is 0.432. The van der Waals surface area contributed by atoms with E-state index in [1.54, 1.807) is 0 Å². The molecule has 4 aliphatic heterocycles. The number of aromatic nitrogens is 8. The molecule has 8 heterocycles. The van der Waals surface area contributed by atoms with E-state index in [9.17, 15) is 9.59 Å². The summed E-state index contributed by atoms with van der Waals surface area (Å²) in [6, 6.07) is 46.3. The third kappa shape index (κ3) is 11.8. The summed E-state index contributed by atoms with van der Waals surface area (Å²) in [6.07, 6.45) is 5.79. The zero-order valence-corrected chi connectivity index (χ0v) is 59.8. The summed E-state index contributed by atoms with van der Waals surface area (Å²) in [5.74, 6) is -0.125. The predicted molar refractivity (Wildman–Crippen MR) is 345 cm³/mol. The zero-order valence-electron chi connectivity index (χ0n) is 55.3. The maximum atomic E-state index is 10.0. The topological polar surface area (TPSA) is 146 Å². The molecule has 4 aliphatic rings. The summed E-state index contributed by atoms with van der Waals surface area (Å²) < 4.78 is 8.64. The molecule has 0 amide bonds. The Hall–Kier alpha value is -6.48. The number of hydrogen-bond acceptors (Lipinski definition) is 8. The zero-order chi connectivity index (χ0) is 63.1. The van der Waals surface area contributed by atoms with Crippen LogP contribution in [0.5, 0.6) is 0 Å². The first-order valence-corrected chi connectivity index (χ1v) is 30.4. The Morgan fingerprint density at radius 1 is 0.398 bits per heavy atom. The van der Waals surface area contributed by atoms with Gasteiger partial charge in [-0.1, -0.05) is 147 Å². The number of aryl methyl sites for hydroxylation is 4. The van der Waals surface area contributed by atoms with Gasteiger partial charge in [0.15, 0.2) is 11.6 Å². The number of allylic oxidation sites excluding steroid dienone is 4. The molecular formula is C74H90N8O4Pt2. The van der Waals surface area contributed by atoms with E-state index < -0.39 is 0 Å². The number of benzene rings is 4. The minimum atomic E-state index is -0.125. The Kier molecular flexibility index (Phi) is 19.4. The molecule has 14 heteroatoms. The summed E-state index contributed by atoms with van der Waals surface area (Å²) in [4.78, 5) is 20.0.